The van der Waals surface area contributed by atoms with Crippen LogP contribution in [0.25, 0.3) is 0 Å². The van der Waals surface area contributed by atoms with Crippen LogP contribution >= 0.6 is 11.3 Å². The number of anilines is 3. The van der Waals surface area contributed by atoms with Crippen LogP contribution in [0.2, 0.25) is 0 Å². The van der Waals surface area contributed by atoms with E-state index in [-0.39, 0.29) is 28.3 Å². The Labute approximate surface area is 252 Å². The maximum absolute atomic E-state index is 13.2. The number of para-hydroxylation sites is 1. The van der Waals surface area contributed by atoms with E-state index in [0.29, 0.717) is 36.7 Å². The summed E-state index contributed by atoms with van der Waals surface area (Å²) in [6, 6.07) is 13.7. The number of benzene rings is 2. The fraction of sp³-hybridized carbons (Fsp3) is 0.355. The zero-order valence-corrected chi connectivity index (χ0v) is 24.7. The fourth-order valence-corrected chi connectivity index (χ4v) is 5.97. The summed E-state index contributed by atoms with van der Waals surface area (Å²) in [7, 11) is 0. The van der Waals surface area contributed by atoms with Gasteiger partial charge in [0.1, 0.15) is 6.26 Å². The van der Waals surface area contributed by atoms with Crippen molar-refractivity contribution in [1.82, 2.24) is 14.9 Å². The number of amides is 2. The molecule has 2 aliphatic rings. The molecular weight excluding hydrogens is 568 g/mol. The Kier molecular flexibility index (Phi) is 8.19. The number of aromatic nitrogens is 2. The first-order valence-corrected chi connectivity index (χ1v) is 15.4. The standard InChI is InChI=1S/C31H34N6O5S/c1-20-5-2-3-6-25(20)35-13-15-36(16-14-35)26-10-9-22(28(39)32-11-4-12-37-27(38)19-43-31(37)41)17-23(26)33-29(40)24-18-42-30(34-24)21-7-8-21/h2-3,5-6,9-10,17-19,21,38H,4,7-8,11-16H2,1H3,(H,32,39)(H,33,40). The molecule has 6 rings (SSSR count). The molecule has 11 nitrogen and oxygen atoms in total. The Hall–Kier alpha value is -4.58. The molecule has 4 aromatic rings. The first-order chi connectivity index (χ1) is 20.9. The summed E-state index contributed by atoms with van der Waals surface area (Å²) >= 11 is 0.934. The predicted octanol–water partition coefficient (Wildman–Crippen LogP) is 4.19. The van der Waals surface area contributed by atoms with Crippen LogP contribution in [0.15, 0.2) is 63.3 Å². The Balaban J connectivity index is 1.16. The first kappa shape index (κ1) is 28.5. The second-order valence-electron chi connectivity index (χ2n) is 10.9. The molecule has 224 valence electrons. The molecule has 2 aromatic heterocycles. The van der Waals surface area contributed by atoms with Crippen LogP contribution in [0.1, 0.15) is 57.5 Å². The minimum Gasteiger partial charge on any atom is -0.494 e. The Morgan fingerprint density at radius 3 is 2.49 bits per heavy atom. The molecule has 2 amide bonds. The quantitative estimate of drug-likeness (QED) is 0.230. The molecule has 1 aliphatic carbocycles. The number of oxazole rings is 1. The number of hydrogen-bond acceptors (Lipinski definition) is 9. The monoisotopic (exact) mass is 602 g/mol. The molecule has 12 heteroatoms. The molecule has 1 saturated carbocycles. The zero-order chi connectivity index (χ0) is 29.9. The van der Waals surface area contributed by atoms with Gasteiger partial charge in [-0.05, 0) is 56.0 Å². The van der Waals surface area contributed by atoms with Gasteiger partial charge in [-0.25, -0.2) is 4.98 Å². The van der Waals surface area contributed by atoms with Crippen LogP contribution in [-0.2, 0) is 6.54 Å². The van der Waals surface area contributed by atoms with Crippen LogP contribution in [0.4, 0.5) is 17.1 Å². The van der Waals surface area contributed by atoms with Gasteiger partial charge in [0.05, 0.1) is 16.8 Å². The Morgan fingerprint density at radius 2 is 1.79 bits per heavy atom. The van der Waals surface area contributed by atoms with Crippen molar-refractivity contribution in [2.24, 2.45) is 0 Å². The molecule has 0 radical (unpaired) electrons. The van der Waals surface area contributed by atoms with Crippen molar-refractivity contribution in [2.75, 3.05) is 47.8 Å². The van der Waals surface area contributed by atoms with Gasteiger partial charge in [0.25, 0.3) is 11.8 Å². The lowest BCUT2D eigenvalue weighted by atomic mass is 10.1. The van der Waals surface area contributed by atoms with Crippen LogP contribution in [0, 0.1) is 6.92 Å². The molecule has 43 heavy (non-hydrogen) atoms. The Morgan fingerprint density at radius 1 is 1.05 bits per heavy atom. The van der Waals surface area contributed by atoms with Gasteiger partial charge in [-0.3, -0.25) is 19.0 Å². The van der Waals surface area contributed by atoms with Gasteiger partial charge in [0, 0.05) is 56.4 Å². The van der Waals surface area contributed by atoms with Gasteiger partial charge < -0.3 is 30.0 Å². The second kappa shape index (κ2) is 12.3. The minimum absolute atomic E-state index is 0.0756. The largest absolute Gasteiger partial charge is 0.494 e. The van der Waals surface area contributed by atoms with Crippen molar-refractivity contribution in [1.29, 1.82) is 0 Å². The highest BCUT2D eigenvalue weighted by Gasteiger charge is 2.30. The zero-order valence-electron chi connectivity index (χ0n) is 23.9. The van der Waals surface area contributed by atoms with Gasteiger partial charge in [-0.15, -0.1) is 0 Å². The van der Waals surface area contributed by atoms with E-state index in [4.69, 9.17) is 4.42 Å². The summed E-state index contributed by atoms with van der Waals surface area (Å²) in [6.07, 6.45) is 3.89. The lowest BCUT2D eigenvalue weighted by molar-refractivity contribution is 0.0951. The molecule has 3 N–H and O–H groups in total. The van der Waals surface area contributed by atoms with E-state index in [9.17, 15) is 19.5 Å². The summed E-state index contributed by atoms with van der Waals surface area (Å²) in [5, 5.41) is 17.0. The van der Waals surface area contributed by atoms with Crippen LogP contribution < -0.4 is 25.3 Å². The molecule has 0 unspecified atom stereocenters. The molecule has 0 bridgehead atoms. The molecule has 0 spiro atoms. The molecule has 2 fully saturated rings. The number of nitrogens with one attached hydrogen (secondary N) is 2. The fourth-order valence-electron chi connectivity index (χ4n) is 5.33. The summed E-state index contributed by atoms with van der Waals surface area (Å²) < 4.78 is 6.80. The van der Waals surface area contributed by atoms with Gasteiger partial charge >= 0.3 is 4.87 Å². The normalized spacial score (nSPS) is 15.0. The van der Waals surface area contributed by atoms with Gasteiger partial charge in [-0.2, -0.15) is 0 Å². The predicted molar refractivity (Wildman–Crippen MR) is 166 cm³/mol. The molecule has 2 aromatic carbocycles. The highest BCUT2D eigenvalue weighted by atomic mass is 32.1. The number of nitrogens with zero attached hydrogens (tertiary/aromatic N) is 4. The number of thiazole rings is 1. The van der Waals surface area contributed by atoms with Crippen LogP contribution in [-0.4, -0.2) is 59.2 Å². The third kappa shape index (κ3) is 6.43. The van der Waals surface area contributed by atoms with E-state index >= 15 is 0 Å². The van der Waals surface area contributed by atoms with Crippen LogP contribution in [0.5, 0.6) is 5.88 Å². The highest BCUT2D eigenvalue weighted by Crippen LogP contribution is 2.39. The maximum atomic E-state index is 13.2. The van der Waals surface area contributed by atoms with Gasteiger partial charge in [-0.1, -0.05) is 29.5 Å². The van der Waals surface area contributed by atoms with E-state index < -0.39 is 5.91 Å². The van der Waals surface area contributed by atoms with Gasteiger partial charge in [0.2, 0.25) is 5.88 Å². The van der Waals surface area contributed by atoms with Crippen molar-refractivity contribution in [2.45, 2.75) is 38.6 Å². The summed E-state index contributed by atoms with van der Waals surface area (Å²) in [4.78, 5) is 46.8. The average Bonchev–Trinajstić information content (AvgIpc) is 3.66. The lowest BCUT2D eigenvalue weighted by Crippen LogP contribution is -2.47. The molecular formula is C31H34N6O5S. The second-order valence-corrected chi connectivity index (χ2v) is 11.7. The SMILES string of the molecule is Cc1ccccc1N1CCN(c2ccc(C(=O)NCCCn3c(O)csc3=O)cc2NC(=O)c2coc(C3CC3)n2)CC1. The van der Waals surface area contributed by atoms with E-state index in [2.05, 4.69) is 50.5 Å². The average molecular weight is 603 g/mol. The topological polar surface area (TPSA) is 133 Å². The number of carbonyl (C=O) groups is 2. The highest BCUT2D eigenvalue weighted by molar-refractivity contribution is 7.07. The van der Waals surface area contributed by atoms with E-state index in [1.165, 1.54) is 27.5 Å². The van der Waals surface area contributed by atoms with Crippen molar-refractivity contribution in [3.63, 3.8) is 0 Å². The number of piperazine rings is 1. The first-order valence-electron chi connectivity index (χ1n) is 14.5. The smallest absolute Gasteiger partial charge is 0.309 e. The number of aryl methyl sites for hydroxylation is 1. The third-order valence-electron chi connectivity index (χ3n) is 7.87. The summed E-state index contributed by atoms with van der Waals surface area (Å²) in [6.45, 7) is 5.84. The lowest BCUT2D eigenvalue weighted by Gasteiger charge is -2.38. The number of carbonyl (C=O) groups excluding carboxylic acids is 2. The van der Waals surface area contributed by atoms with E-state index in [1.54, 1.807) is 12.1 Å². The third-order valence-corrected chi connectivity index (χ3v) is 8.62. The van der Waals surface area contributed by atoms with Crippen molar-refractivity contribution in [3.8, 4) is 5.88 Å². The van der Waals surface area contributed by atoms with Gasteiger partial charge in [0.15, 0.2) is 11.6 Å². The maximum Gasteiger partial charge on any atom is 0.309 e. The van der Waals surface area contributed by atoms with E-state index in [0.717, 1.165) is 56.0 Å². The minimum atomic E-state index is -0.394. The van der Waals surface area contributed by atoms with Crippen molar-refractivity contribution >= 4 is 40.2 Å². The number of rotatable bonds is 10. The van der Waals surface area contributed by atoms with E-state index in [1.807, 2.05) is 12.1 Å². The molecule has 0 atom stereocenters. The number of aromatic hydroxyl groups is 1. The number of hydrogen-bond donors (Lipinski definition) is 3. The Bertz CT molecular complexity index is 1680. The summed E-state index contributed by atoms with van der Waals surface area (Å²) in [5.41, 5.74) is 4.40. The summed E-state index contributed by atoms with van der Waals surface area (Å²) in [5.74, 6) is 0.105. The molecule has 1 saturated heterocycles. The van der Waals surface area contributed by atoms with Crippen molar-refractivity contribution in [3.05, 3.63) is 86.5 Å². The van der Waals surface area contributed by atoms with Crippen LogP contribution in [0.3, 0.4) is 0 Å². The molecule has 3 heterocycles. The molecule has 1 aliphatic heterocycles. The van der Waals surface area contributed by atoms with Crippen molar-refractivity contribution < 1.29 is 19.1 Å².